The van der Waals surface area contributed by atoms with Crippen LogP contribution in [0.25, 0.3) is 0 Å². The fourth-order valence-electron chi connectivity index (χ4n) is 1.14. The Morgan fingerprint density at radius 1 is 1.29 bits per heavy atom. The first-order valence-electron chi connectivity index (χ1n) is 5.38. The zero-order valence-electron chi connectivity index (χ0n) is 10.2. The van der Waals surface area contributed by atoms with Gasteiger partial charge in [-0.25, -0.2) is 9.18 Å². The summed E-state index contributed by atoms with van der Waals surface area (Å²) in [7, 11) is 0. The van der Waals surface area contributed by atoms with Crippen molar-refractivity contribution in [1.29, 1.82) is 0 Å². The molecule has 0 heterocycles. The number of benzene rings is 1. The van der Waals surface area contributed by atoms with Gasteiger partial charge >= 0.3 is 12.1 Å². The number of hydrogen-bond donors (Lipinski definition) is 2. The second kappa shape index (κ2) is 6.98. The van der Waals surface area contributed by atoms with E-state index in [9.17, 15) is 22.8 Å². The second-order valence-electron chi connectivity index (χ2n) is 3.65. The molecule has 0 aliphatic heterocycles. The summed E-state index contributed by atoms with van der Waals surface area (Å²) in [6.45, 7) is 0. The number of carboxylic acids is 1. The molecule has 0 spiro atoms. The van der Waals surface area contributed by atoms with Gasteiger partial charge in [-0.1, -0.05) is 11.6 Å². The van der Waals surface area contributed by atoms with Crippen LogP contribution < -0.4 is 10.1 Å². The maximum absolute atomic E-state index is 12.9. The SMILES string of the molecule is O=C(O)/C=C\C(=O)Nc1ccc(OC(F)(F)[C@@H](F)Cl)cc1. The van der Waals surface area contributed by atoms with E-state index in [1.54, 1.807) is 0 Å². The number of hydrogen-bond acceptors (Lipinski definition) is 3. The first-order chi connectivity index (χ1) is 9.70. The Hall–Kier alpha value is -2.22. The highest BCUT2D eigenvalue weighted by atomic mass is 35.5. The molecule has 1 aromatic rings. The molecule has 0 radical (unpaired) electrons. The normalized spacial score (nSPS) is 13.0. The summed E-state index contributed by atoms with van der Waals surface area (Å²) in [5, 5.41) is 10.6. The van der Waals surface area contributed by atoms with Crippen LogP contribution in [0.4, 0.5) is 18.9 Å². The number of ether oxygens (including phenoxy) is 1. The number of carbonyl (C=O) groups is 2. The quantitative estimate of drug-likeness (QED) is 0.623. The third-order valence-corrected chi connectivity index (χ3v) is 2.26. The van der Waals surface area contributed by atoms with E-state index in [1.165, 1.54) is 12.1 Å². The Kier molecular flexibility index (Phi) is 5.60. The van der Waals surface area contributed by atoms with Gasteiger partial charge in [0.05, 0.1) is 0 Å². The minimum atomic E-state index is -4.18. The van der Waals surface area contributed by atoms with Crippen molar-refractivity contribution < 1.29 is 32.6 Å². The molecule has 2 N–H and O–H groups in total. The third-order valence-electron chi connectivity index (χ3n) is 2.01. The maximum Gasteiger partial charge on any atom is 0.444 e. The molecular formula is C12H9ClF3NO4. The van der Waals surface area contributed by atoms with E-state index in [4.69, 9.17) is 5.11 Å². The maximum atomic E-state index is 12.9. The molecule has 0 fully saturated rings. The number of alkyl halides is 4. The standard InChI is InChI=1S/C12H9ClF3NO4/c13-11(14)12(15,16)21-8-3-1-7(2-4-8)17-9(18)5-6-10(19)20/h1-6,11H,(H,17,18)(H,19,20)/b6-5-/t11-/m1/s1. The van der Waals surface area contributed by atoms with Crippen LogP contribution in [0.15, 0.2) is 36.4 Å². The number of anilines is 1. The molecule has 1 amide bonds. The van der Waals surface area contributed by atoms with E-state index in [0.717, 1.165) is 18.2 Å². The smallest absolute Gasteiger partial charge is 0.444 e. The molecule has 0 saturated carbocycles. The molecule has 0 aliphatic carbocycles. The molecule has 5 nitrogen and oxygen atoms in total. The van der Waals surface area contributed by atoms with E-state index in [1.807, 2.05) is 0 Å². The minimum Gasteiger partial charge on any atom is -0.478 e. The van der Waals surface area contributed by atoms with E-state index < -0.39 is 23.6 Å². The van der Waals surface area contributed by atoms with E-state index in [0.29, 0.717) is 6.08 Å². The zero-order valence-corrected chi connectivity index (χ0v) is 11.0. The lowest BCUT2D eigenvalue weighted by Crippen LogP contribution is -2.32. The third kappa shape index (κ3) is 5.74. The molecule has 1 atom stereocenters. The van der Waals surface area contributed by atoms with Gasteiger partial charge in [0.1, 0.15) is 5.75 Å². The molecule has 0 aliphatic rings. The minimum absolute atomic E-state index is 0.202. The molecule has 0 saturated heterocycles. The predicted molar refractivity (Wildman–Crippen MR) is 68.2 cm³/mol. The molecule has 21 heavy (non-hydrogen) atoms. The molecule has 9 heteroatoms. The van der Waals surface area contributed by atoms with Gasteiger partial charge in [0.2, 0.25) is 5.91 Å². The fourth-order valence-corrected chi connectivity index (χ4v) is 1.18. The molecule has 1 rings (SSSR count). The summed E-state index contributed by atoms with van der Waals surface area (Å²) in [4.78, 5) is 21.4. The number of carbonyl (C=O) groups excluding carboxylic acids is 1. The second-order valence-corrected chi connectivity index (χ2v) is 4.03. The lowest BCUT2D eigenvalue weighted by molar-refractivity contribution is -0.199. The van der Waals surface area contributed by atoms with Crippen molar-refractivity contribution in [2.24, 2.45) is 0 Å². The van der Waals surface area contributed by atoms with E-state index >= 15 is 0 Å². The highest BCUT2D eigenvalue weighted by Crippen LogP contribution is 2.29. The number of aliphatic carboxylic acids is 1. The van der Waals surface area contributed by atoms with Crippen LogP contribution in [0.1, 0.15) is 0 Å². The Balaban J connectivity index is 2.66. The molecule has 1 aromatic carbocycles. The summed E-state index contributed by atoms with van der Waals surface area (Å²) in [6, 6.07) is 4.53. The van der Waals surface area contributed by atoms with Crippen molar-refractivity contribution in [3.63, 3.8) is 0 Å². The van der Waals surface area contributed by atoms with Gasteiger partial charge in [-0.15, -0.1) is 0 Å². The van der Waals surface area contributed by atoms with Crippen molar-refractivity contribution in [2.75, 3.05) is 5.32 Å². The summed E-state index contributed by atoms with van der Waals surface area (Å²) in [5.41, 5.74) is -2.80. The van der Waals surface area contributed by atoms with Crippen LogP contribution in [0.2, 0.25) is 0 Å². The first kappa shape index (κ1) is 16.8. The highest BCUT2D eigenvalue weighted by molar-refractivity contribution is 6.20. The molecular weight excluding hydrogens is 315 g/mol. The van der Waals surface area contributed by atoms with Crippen LogP contribution in [0, 0.1) is 0 Å². The number of halogens is 4. The van der Waals surface area contributed by atoms with Crippen molar-refractivity contribution in [1.82, 2.24) is 0 Å². The predicted octanol–water partition coefficient (Wildman–Crippen LogP) is 2.77. The summed E-state index contributed by atoms with van der Waals surface area (Å²) < 4.78 is 42.1. The molecule has 114 valence electrons. The molecule has 0 aromatic heterocycles. The first-order valence-corrected chi connectivity index (χ1v) is 5.81. The van der Waals surface area contributed by atoms with Crippen molar-refractivity contribution in [3.8, 4) is 5.75 Å². The highest BCUT2D eigenvalue weighted by Gasteiger charge is 2.42. The Labute approximate surface area is 122 Å². The van der Waals surface area contributed by atoms with Gasteiger partial charge in [0.25, 0.3) is 5.63 Å². The van der Waals surface area contributed by atoms with Crippen LogP contribution in [-0.4, -0.2) is 28.7 Å². The summed E-state index contributed by atoms with van der Waals surface area (Å²) in [5.74, 6) is -2.37. The average molecular weight is 324 g/mol. The Morgan fingerprint density at radius 3 is 2.33 bits per heavy atom. The fraction of sp³-hybridized carbons (Fsp3) is 0.167. The number of amides is 1. The van der Waals surface area contributed by atoms with E-state index in [2.05, 4.69) is 21.7 Å². The van der Waals surface area contributed by atoms with Crippen LogP contribution >= 0.6 is 11.6 Å². The van der Waals surface area contributed by atoms with Crippen LogP contribution in [-0.2, 0) is 9.59 Å². The molecule has 0 unspecified atom stereocenters. The average Bonchev–Trinajstić information content (AvgIpc) is 2.38. The van der Waals surface area contributed by atoms with Crippen LogP contribution in [0.5, 0.6) is 5.75 Å². The zero-order chi connectivity index (χ0) is 16.0. The van der Waals surface area contributed by atoms with E-state index in [-0.39, 0.29) is 11.4 Å². The van der Waals surface area contributed by atoms with Gasteiger partial charge in [0, 0.05) is 17.8 Å². The van der Waals surface area contributed by atoms with Crippen molar-refractivity contribution in [2.45, 2.75) is 11.7 Å². The number of nitrogens with one attached hydrogen (secondary N) is 1. The summed E-state index contributed by atoms with van der Waals surface area (Å²) in [6.07, 6.45) is -2.77. The van der Waals surface area contributed by atoms with Gasteiger partial charge < -0.3 is 15.2 Å². The van der Waals surface area contributed by atoms with Gasteiger partial charge in [-0.2, -0.15) is 8.78 Å². The summed E-state index contributed by atoms with van der Waals surface area (Å²) >= 11 is 4.63. The van der Waals surface area contributed by atoms with Gasteiger partial charge in [0.15, 0.2) is 0 Å². The van der Waals surface area contributed by atoms with Crippen molar-refractivity contribution in [3.05, 3.63) is 36.4 Å². The topological polar surface area (TPSA) is 75.6 Å². The van der Waals surface area contributed by atoms with Gasteiger partial charge in [-0.05, 0) is 24.3 Å². The number of carboxylic acid groups (broad SMARTS) is 1. The largest absolute Gasteiger partial charge is 0.478 e. The Morgan fingerprint density at radius 2 is 1.86 bits per heavy atom. The molecule has 0 bridgehead atoms. The lowest BCUT2D eigenvalue weighted by Gasteiger charge is -2.17. The van der Waals surface area contributed by atoms with Crippen LogP contribution in [0.3, 0.4) is 0 Å². The van der Waals surface area contributed by atoms with Gasteiger partial charge in [-0.3, -0.25) is 4.79 Å². The lowest BCUT2D eigenvalue weighted by atomic mass is 10.3. The number of rotatable bonds is 6. The Bertz CT molecular complexity index is 546. The van der Waals surface area contributed by atoms with Crippen molar-refractivity contribution >= 4 is 29.2 Å². The monoisotopic (exact) mass is 323 g/mol.